The SMILES string of the molecule is N#Cc1cc(C(=O)N2CCC3(CCOC3)CC2)c(C(F)F)nc1-c1ccc(C(F)(F)F)cc1.N#Cc1cc(C(=O)O)c(C(F)F)nc1-c1ccc(C(F)(F)F)cc1. The van der Waals surface area contributed by atoms with Gasteiger partial charge in [0.05, 0.1) is 51.4 Å². The summed E-state index contributed by atoms with van der Waals surface area (Å²) in [7, 11) is 0. The third kappa shape index (κ3) is 9.32. The van der Waals surface area contributed by atoms with Crippen LogP contribution in [-0.4, -0.2) is 58.2 Å². The molecule has 0 unspecified atom stereocenters. The number of benzene rings is 2. The Labute approximate surface area is 316 Å². The Hall–Kier alpha value is -6.08. The Morgan fingerprint density at radius 2 is 1.14 bits per heavy atom. The molecule has 4 aromatic rings. The fourth-order valence-corrected chi connectivity index (χ4v) is 6.37. The summed E-state index contributed by atoms with van der Waals surface area (Å²) in [6, 6.07) is 12.3. The molecule has 0 radical (unpaired) electrons. The Kier molecular flexibility index (Phi) is 12.2. The molecule has 4 heterocycles. The van der Waals surface area contributed by atoms with Gasteiger partial charge in [0.2, 0.25) is 0 Å². The second-order valence-electron chi connectivity index (χ2n) is 13.0. The maximum absolute atomic E-state index is 13.9. The van der Waals surface area contributed by atoms with Crippen LogP contribution in [-0.2, 0) is 17.1 Å². The molecule has 298 valence electrons. The molecule has 2 aliphatic rings. The first-order valence-electron chi connectivity index (χ1n) is 16.7. The number of rotatable bonds is 6. The molecular formula is C38H27F10N5O4. The summed E-state index contributed by atoms with van der Waals surface area (Å²) in [5.74, 6) is -2.32. The van der Waals surface area contributed by atoms with Crippen LogP contribution in [0.25, 0.3) is 22.5 Å². The first kappa shape index (κ1) is 42.1. The number of alkyl halides is 10. The summed E-state index contributed by atoms with van der Waals surface area (Å²) >= 11 is 0. The van der Waals surface area contributed by atoms with Gasteiger partial charge < -0.3 is 14.7 Å². The molecular weight excluding hydrogens is 780 g/mol. The van der Waals surface area contributed by atoms with Gasteiger partial charge in [0, 0.05) is 30.8 Å². The lowest BCUT2D eigenvalue weighted by Crippen LogP contribution is -2.43. The van der Waals surface area contributed by atoms with Crippen LogP contribution in [0.2, 0.25) is 0 Å². The number of hydrogen-bond donors (Lipinski definition) is 1. The Bertz CT molecular complexity index is 2210. The molecule has 6 rings (SSSR count). The Morgan fingerprint density at radius 1 is 0.719 bits per heavy atom. The predicted molar refractivity (Wildman–Crippen MR) is 179 cm³/mol. The summed E-state index contributed by atoms with van der Waals surface area (Å²) in [6.07, 6.45) is -13.2. The van der Waals surface area contributed by atoms with Crippen LogP contribution in [0.3, 0.4) is 0 Å². The minimum atomic E-state index is -4.58. The average Bonchev–Trinajstić information content (AvgIpc) is 3.63. The van der Waals surface area contributed by atoms with Gasteiger partial charge in [0.15, 0.2) is 0 Å². The van der Waals surface area contributed by atoms with E-state index in [1.165, 1.54) is 4.90 Å². The number of likely N-dealkylation sites (tertiary alicyclic amines) is 1. The highest BCUT2D eigenvalue weighted by atomic mass is 19.4. The number of nitriles is 2. The predicted octanol–water partition coefficient (Wildman–Crippen LogP) is 9.49. The monoisotopic (exact) mass is 807 g/mol. The van der Waals surface area contributed by atoms with E-state index in [0.717, 1.165) is 55.0 Å². The van der Waals surface area contributed by atoms with E-state index in [4.69, 9.17) is 15.1 Å². The Balaban J connectivity index is 0.000000230. The summed E-state index contributed by atoms with van der Waals surface area (Å²) in [4.78, 5) is 32.9. The number of piperidine rings is 1. The van der Waals surface area contributed by atoms with Crippen molar-refractivity contribution >= 4 is 11.9 Å². The molecule has 1 N–H and O–H groups in total. The van der Waals surface area contributed by atoms with Crippen molar-refractivity contribution < 1.29 is 63.3 Å². The van der Waals surface area contributed by atoms with Crippen molar-refractivity contribution in [2.75, 3.05) is 26.3 Å². The zero-order chi connectivity index (χ0) is 41.9. The van der Waals surface area contributed by atoms with E-state index in [9.17, 15) is 58.8 Å². The van der Waals surface area contributed by atoms with Crippen LogP contribution in [0, 0.1) is 28.1 Å². The maximum Gasteiger partial charge on any atom is 0.416 e. The minimum absolute atomic E-state index is 0.0154. The molecule has 0 aliphatic carbocycles. The van der Waals surface area contributed by atoms with E-state index in [1.54, 1.807) is 6.07 Å². The van der Waals surface area contributed by atoms with Crippen molar-refractivity contribution in [1.29, 1.82) is 10.5 Å². The summed E-state index contributed by atoms with van der Waals surface area (Å²) in [6.45, 7) is 2.06. The van der Waals surface area contributed by atoms with Crippen molar-refractivity contribution in [3.63, 3.8) is 0 Å². The van der Waals surface area contributed by atoms with Crippen molar-refractivity contribution in [2.24, 2.45) is 5.41 Å². The quantitative estimate of drug-likeness (QED) is 0.190. The van der Waals surface area contributed by atoms with E-state index in [1.807, 2.05) is 6.07 Å². The molecule has 9 nitrogen and oxygen atoms in total. The van der Waals surface area contributed by atoms with Gasteiger partial charge in [-0.2, -0.15) is 36.9 Å². The van der Waals surface area contributed by atoms with Gasteiger partial charge in [-0.05, 0) is 61.1 Å². The van der Waals surface area contributed by atoms with Crippen LogP contribution in [0.1, 0.15) is 86.5 Å². The molecule has 0 bridgehead atoms. The van der Waals surface area contributed by atoms with E-state index in [0.29, 0.717) is 51.3 Å². The summed E-state index contributed by atoms with van der Waals surface area (Å²) < 4.78 is 135. The number of aromatic carboxylic acids is 1. The fourth-order valence-electron chi connectivity index (χ4n) is 6.37. The molecule has 2 aromatic carbocycles. The zero-order valence-corrected chi connectivity index (χ0v) is 29.1. The van der Waals surface area contributed by atoms with Crippen LogP contribution in [0.5, 0.6) is 0 Å². The van der Waals surface area contributed by atoms with Crippen molar-refractivity contribution in [3.05, 3.63) is 105 Å². The number of carbonyl (C=O) groups excluding carboxylic acids is 1. The molecule has 57 heavy (non-hydrogen) atoms. The number of hydrogen-bond acceptors (Lipinski definition) is 7. The number of aromatic nitrogens is 2. The lowest BCUT2D eigenvalue weighted by molar-refractivity contribution is -0.138. The smallest absolute Gasteiger partial charge is 0.416 e. The Morgan fingerprint density at radius 3 is 1.49 bits per heavy atom. The molecule has 2 fully saturated rings. The fraction of sp³-hybridized carbons (Fsp3) is 0.316. The maximum atomic E-state index is 13.9. The van der Waals surface area contributed by atoms with E-state index < -0.39 is 65.2 Å². The summed E-state index contributed by atoms with van der Waals surface area (Å²) in [5.41, 5.74) is -5.86. The second kappa shape index (κ2) is 16.6. The summed E-state index contributed by atoms with van der Waals surface area (Å²) in [5, 5.41) is 27.5. The second-order valence-corrected chi connectivity index (χ2v) is 13.0. The number of carboxylic acids is 1. The van der Waals surface area contributed by atoms with Crippen molar-refractivity contribution in [3.8, 4) is 34.7 Å². The highest BCUT2D eigenvalue weighted by Gasteiger charge is 2.40. The standard InChI is InChI=1S/C23H20F5N3O2.C15H7F5N2O2/c24-20(25)19-17(21(32)31-8-5-22(6-9-31)7-10-33-13-22)11-15(12-29)18(30-19)14-1-3-16(4-2-14)23(26,27)28;16-13(17)12-10(14(23)24)5-8(6-21)11(22-12)7-1-3-9(4-2-7)15(18,19)20/h1-4,11,20H,5-10,13H2;1-5,13H,(H,23,24). The molecule has 1 spiro atoms. The van der Waals surface area contributed by atoms with Crippen molar-refractivity contribution in [2.45, 2.75) is 44.5 Å². The molecule has 19 heteroatoms. The zero-order valence-electron chi connectivity index (χ0n) is 29.1. The number of carboxylic acid groups (broad SMARTS) is 1. The molecule has 2 saturated heterocycles. The van der Waals surface area contributed by atoms with E-state index in [2.05, 4.69) is 9.97 Å². The van der Waals surface area contributed by atoms with Crippen molar-refractivity contribution in [1.82, 2.24) is 14.9 Å². The van der Waals surface area contributed by atoms with Gasteiger partial charge in [-0.25, -0.2) is 32.3 Å². The van der Waals surface area contributed by atoms with Gasteiger partial charge in [0.1, 0.15) is 23.5 Å². The topological polar surface area (TPSA) is 140 Å². The molecule has 1 amide bonds. The molecule has 2 aliphatic heterocycles. The normalized spacial score (nSPS) is 15.2. The number of pyridine rings is 2. The number of halogens is 10. The van der Waals surface area contributed by atoms with Gasteiger partial charge in [-0.3, -0.25) is 4.79 Å². The average molecular weight is 808 g/mol. The lowest BCUT2D eigenvalue weighted by Gasteiger charge is -2.38. The van der Waals surface area contributed by atoms with Gasteiger partial charge in [-0.1, -0.05) is 24.3 Å². The van der Waals surface area contributed by atoms with Crippen LogP contribution in [0.15, 0.2) is 60.7 Å². The van der Waals surface area contributed by atoms with E-state index in [-0.39, 0.29) is 44.6 Å². The molecule has 0 atom stereocenters. The lowest BCUT2D eigenvalue weighted by atomic mass is 9.78. The van der Waals surface area contributed by atoms with Gasteiger partial charge in [-0.15, -0.1) is 0 Å². The third-order valence-electron chi connectivity index (χ3n) is 9.49. The van der Waals surface area contributed by atoms with Crippen LogP contribution < -0.4 is 0 Å². The molecule has 0 saturated carbocycles. The number of ether oxygens (including phenoxy) is 1. The largest absolute Gasteiger partial charge is 0.478 e. The highest BCUT2D eigenvalue weighted by molar-refractivity contribution is 5.96. The number of nitrogens with zero attached hydrogens (tertiary/aromatic N) is 5. The van der Waals surface area contributed by atoms with E-state index >= 15 is 0 Å². The first-order valence-corrected chi connectivity index (χ1v) is 16.7. The first-order chi connectivity index (χ1) is 26.8. The van der Waals surface area contributed by atoms with Crippen LogP contribution >= 0.6 is 0 Å². The van der Waals surface area contributed by atoms with Gasteiger partial charge >= 0.3 is 18.3 Å². The third-order valence-corrected chi connectivity index (χ3v) is 9.49. The number of carbonyl (C=O) groups is 2. The highest BCUT2D eigenvalue weighted by Crippen LogP contribution is 2.40. The minimum Gasteiger partial charge on any atom is -0.478 e. The molecule has 2 aromatic heterocycles. The number of amides is 1. The van der Waals surface area contributed by atoms with Crippen LogP contribution in [0.4, 0.5) is 43.9 Å². The van der Waals surface area contributed by atoms with Gasteiger partial charge in [0.25, 0.3) is 18.8 Å².